The number of benzene rings is 2. The average Bonchev–Trinajstić information content (AvgIpc) is 2.61. The zero-order valence-electron chi connectivity index (χ0n) is 13.6. The van der Waals surface area contributed by atoms with E-state index in [1.807, 2.05) is 0 Å². The lowest BCUT2D eigenvalue weighted by Gasteiger charge is -2.17. The van der Waals surface area contributed by atoms with Crippen molar-refractivity contribution in [2.75, 3.05) is 26.8 Å². The first kappa shape index (κ1) is 18.5. The summed E-state index contributed by atoms with van der Waals surface area (Å²) in [5.41, 5.74) is -0.177. The van der Waals surface area contributed by atoms with E-state index >= 15 is 0 Å². The maximum atomic E-state index is 12.0. The summed E-state index contributed by atoms with van der Waals surface area (Å²) in [6.07, 6.45) is 0. The minimum Gasteiger partial charge on any atom is -0.492 e. The van der Waals surface area contributed by atoms with E-state index in [9.17, 15) is 14.9 Å². The van der Waals surface area contributed by atoms with Gasteiger partial charge in [-0.15, -0.1) is 0 Å². The van der Waals surface area contributed by atoms with Crippen molar-refractivity contribution in [1.82, 2.24) is 4.90 Å². The molecule has 0 aromatic heterocycles. The molecule has 1 amide bonds. The number of amides is 1. The number of para-hydroxylation sites is 2. The Morgan fingerprint density at radius 2 is 1.84 bits per heavy atom. The zero-order valence-corrected chi connectivity index (χ0v) is 14.3. The van der Waals surface area contributed by atoms with Crippen LogP contribution in [0.3, 0.4) is 0 Å². The lowest BCUT2D eigenvalue weighted by atomic mass is 10.3. The summed E-state index contributed by atoms with van der Waals surface area (Å²) in [5.74, 6) is 0.408. The summed E-state index contributed by atoms with van der Waals surface area (Å²) in [5, 5.41) is 11.5. The number of nitrogens with zero attached hydrogens (tertiary/aromatic N) is 2. The quantitative estimate of drug-likeness (QED) is 0.530. The number of nitro groups is 1. The van der Waals surface area contributed by atoms with Gasteiger partial charge in [0.25, 0.3) is 5.91 Å². The molecule has 0 aliphatic heterocycles. The third-order valence-electron chi connectivity index (χ3n) is 3.35. The molecule has 132 valence electrons. The minimum atomic E-state index is -0.552. The topological polar surface area (TPSA) is 81.9 Å². The van der Waals surface area contributed by atoms with Crippen LogP contribution < -0.4 is 9.47 Å². The van der Waals surface area contributed by atoms with E-state index in [4.69, 9.17) is 21.1 Å². The Morgan fingerprint density at radius 3 is 2.52 bits per heavy atom. The molecule has 25 heavy (non-hydrogen) atoms. The summed E-state index contributed by atoms with van der Waals surface area (Å²) in [6, 6.07) is 12.8. The number of ether oxygens (including phenoxy) is 2. The minimum absolute atomic E-state index is 0.0617. The van der Waals surface area contributed by atoms with Crippen molar-refractivity contribution in [3.63, 3.8) is 0 Å². The molecule has 2 rings (SSSR count). The summed E-state index contributed by atoms with van der Waals surface area (Å²) in [7, 11) is 1.61. The molecule has 7 nitrogen and oxygen atoms in total. The van der Waals surface area contributed by atoms with Crippen LogP contribution in [0.4, 0.5) is 5.69 Å². The van der Waals surface area contributed by atoms with Gasteiger partial charge >= 0.3 is 5.69 Å². The maximum absolute atomic E-state index is 12.0. The van der Waals surface area contributed by atoms with Crippen molar-refractivity contribution in [1.29, 1.82) is 0 Å². The Bertz CT molecular complexity index is 736. The van der Waals surface area contributed by atoms with Crippen LogP contribution in [0, 0.1) is 10.1 Å². The van der Waals surface area contributed by atoms with Crippen LogP contribution in [0.1, 0.15) is 0 Å². The van der Waals surface area contributed by atoms with Crippen molar-refractivity contribution in [2.45, 2.75) is 0 Å². The second-order valence-electron chi connectivity index (χ2n) is 5.13. The highest BCUT2D eigenvalue weighted by atomic mass is 35.5. The Balaban J connectivity index is 1.78. The number of rotatable bonds is 8. The molecule has 0 heterocycles. The molecule has 0 aliphatic carbocycles. The molecule has 0 radical (unpaired) electrons. The molecule has 0 unspecified atom stereocenters. The molecule has 8 heteroatoms. The highest BCUT2D eigenvalue weighted by molar-refractivity contribution is 6.30. The van der Waals surface area contributed by atoms with Gasteiger partial charge in [0.05, 0.1) is 11.5 Å². The molecular formula is C17H17ClN2O5. The van der Waals surface area contributed by atoms with Crippen molar-refractivity contribution >= 4 is 23.2 Å². The molecule has 0 fully saturated rings. The molecule has 0 aliphatic rings. The van der Waals surface area contributed by atoms with Crippen molar-refractivity contribution < 1.29 is 19.2 Å². The fourth-order valence-electron chi connectivity index (χ4n) is 1.94. The number of hydrogen-bond acceptors (Lipinski definition) is 5. The fourth-order valence-corrected chi connectivity index (χ4v) is 2.06. The normalized spacial score (nSPS) is 10.2. The predicted octanol–water partition coefficient (Wildman–Crippen LogP) is 3.16. The van der Waals surface area contributed by atoms with E-state index in [1.54, 1.807) is 37.4 Å². The van der Waals surface area contributed by atoms with E-state index < -0.39 is 4.92 Å². The van der Waals surface area contributed by atoms with Crippen molar-refractivity contribution in [3.05, 3.63) is 63.7 Å². The Hall–Kier alpha value is -2.80. The van der Waals surface area contributed by atoms with E-state index in [1.165, 1.54) is 23.1 Å². The van der Waals surface area contributed by atoms with Gasteiger partial charge in [-0.2, -0.15) is 0 Å². The van der Waals surface area contributed by atoms with Crippen LogP contribution >= 0.6 is 11.6 Å². The Morgan fingerprint density at radius 1 is 1.16 bits per heavy atom. The van der Waals surface area contributed by atoms with Gasteiger partial charge in [-0.05, 0) is 30.3 Å². The zero-order chi connectivity index (χ0) is 18.2. The van der Waals surface area contributed by atoms with Gasteiger partial charge in [0, 0.05) is 18.1 Å². The molecule has 2 aromatic rings. The number of likely N-dealkylation sites (N-methyl/N-ethyl adjacent to an activating group) is 1. The standard InChI is InChI=1S/C17H17ClN2O5/c1-19(10-11-24-14-8-6-13(18)7-9-14)17(21)12-25-16-5-3-2-4-15(16)20(22)23/h2-9H,10-12H2,1H3. The lowest BCUT2D eigenvalue weighted by molar-refractivity contribution is -0.385. The maximum Gasteiger partial charge on any atom is 0.310 e. The molecule has 0 spiro atoms. The van der Waals surface area contributed by atoms with Crippen LogP contribution in [0.25, 0.3) is 0 Å². The SMILES string of the molecule is CN(CCOc1ccc(Cl)cc1)C(=O)COc1ccccc1[N+](=O)[O-]. The summed E-state index contributed by atoms with van der Waals surface area (Å²) in [6.45, 7) is 0.360. The number of carbonyl (C=O) groups excluding carboxylic acids is 1. The second-order valence-corrected chi connectivity index (χ2v) is 5.57. The van der Waals surface area contributed by atoms with E-state index in [0.29, 0.717) is 23.9 Å². The second kappa shape index (κ2) is 8.89. The van der Waals surface area contributed by atoms with E-state index in [2.05, 4.69) is 0 Å². The number of nitro benzene ring substituents is 1. The molecule has 2 aromatic carbocycles. The summed E-state index contributed by atoms with van der Waals surface area (Å²) in [4.78, 5) is 23.8. The van der Waals surface area contributed by atoms with Gasteiger partial charge in [0.1, 0.15) is 12.4 Å². The van der Waals surface area contributed by atoms with Crippen LogP contribution in [0.15, 0.2) is 48.5 Å². The molecule has 0 N–H and O–H groups in total. The van der Waals surface area contributed by atoms with Crippen LogP contribution in [0.2, 0.25) is 5.02 Å². The largest absolute Gasteiger partial charge is 0.492 e. The van der Waals surface area contributed by atoms with Gasteiger partial charge < -0.3 is 14.4 Å². The average molecular weight is 365 g/mol. The summed E-state index contributed by atoms with van der Waals surface area (Å²) >= 11 is 5.79. The first-order valence-electron chi connectivity index (χ1n) is 7.46. The number of carbonyl (C=O) groups is 1. The predicted molar refractivity (Wildman–Crippen MR) is 93.2 cm³/mol. The van der Waals surface area contributed by atoms with Gasteiger partial charge in [0.15, 0.2) is 12.4 Å². The fraction of sp³-hybridized carbons (Fsp3) is 0.235. The number of halogens is 1. The van der Waals surface area contributed by atoms with Gasteiger partial charge in [-0.25, -0.2) is 0 Å². The van der Waals surface area contributed by atoms with E-state index in [0.717, 1.165) is 0 Å². The molecule has 0 saturated heterocycles. The van der Waals surface area contributed by atoms with Crippen molar-refractivity contribution in [3.8, 4) is 11.5 Å². The van der Waals surface area contributed by atoms with Gasteiger partial charge in [-0.3, -0.25) is 14.9 Å². The first-order chi connectivity index (χ1) is 12.0. The molecule has 0 saturated carbocycles. The van der Waals surface area contributed by atoms with Gasteiger partial charge in [-0.1, -0.05) is 23.7 Å². The van der Waals surface area contributed by atoms with Gasteiger partial charge in [0.2, 0.25) is 0 Å². The highest BCUT2D eigenvalue weighted by Crippen LogP contribution is 2.25. The third-order valence-corrected chi connectivity index (χ3v) is 3.60. The van der Waals surface area contributed by atoms with Crippen LogP contribution in [-0.4, -0.2) is 42.5 Å². The van der Waals surface area contributed by atoms with Crippen LogP contribution in [0.5, 0.6) is 11.5 Å². The highest BCUT2D eigenvalue weighted by Gasteiger charge is 2.16. The lowest BCUT2D eigenvalue weighted by Crippen LogP contribution is -2.34. The third kappa shape index (κ3) is 5.65. The molecule has 0 atom stereocenters. The van der Waals surface area contributed by atoms with Crippen LogP contribution in [-0.2, 0) is 4.79 Å². The van der Waals surface area contributed by atoms with Crippen molar-refractivity contribution in [2.24, 2.45) is 0 Å². The number of hydrogen-bond donors (Lipinski definition) is 0. The summed E-state index contributed by atoms with van der Waals surface area (Å²) < 4.78 is 10.8. The first-order valence-corrected chi connectivity index (χ1v) is 7.83. The Labute approximate surface area is 149 Å². The molecular weight excluding hydrogens is 348 g/mol. The molecule has 0 bridgehead atoms. The smallest absolute Gasteiger partial charge is 0.310 e. The monoisotopic (exact) mass is 364 g/mol. The van der Waals surface area contributed by atoms with E-state index in [-0.39, 0.29) is 24.0 Å². The Kier molecular flexibility index (Phi) is 6.59.